The van der Waals surface area contributed by atoms with Crippen molar-refractivity contribution in [2.24, 2.45) is 0 Å². The second-order valence-corrected chi connectivity index (χ2v) is 7.07. The predicted octanol–water partition coefficient (Wildman–Crippen LogP) is 1.61. The molecule has 1 saturated heterocycles. The topological polar surface area (TPSA) is 118 Å². The number of β-amino-alcohol motifs (C(OH)–C–C–N with tert-alkyl or cyclic N) is 1. The number of aromatic amines is 1. The molecule has 1 aliphatic heterocycles. The van der Waals surface area contributed by atoms with Gasteiger partial charge in [0.25, 0.3) is 0 Å². The molecule has 2 amide bonds. The maximum absolute atomic E-state index is 12.4. The standard InChI is InChI=1S/C22H20N4O3/c23-11-13-5-7-14(8-6-13)20-16(15-3-1-2-4-17(15)25-20)9-10-19(28)26-21-18(27)12-24-22(21)29/h1-8,18,21,25,27H,9-10,12H2,(H,24,29)(H,26,28)/t18-,21+/m1/s1. The number of carbonyl (C=O) groups excluding carboxylic acids is 2. The summed E-state index contributed by atoms with van der Waals surface area (Å²) in [5.41, 5.74) is 4.38. The van der Waals surface area contributed by atoms with Crippen LogP contribution in [-0.4, -0.2) is 40.6 Å². The number of hydrogen-bond donors (Lipinski definition) is 4. The number of amides is 2. The Morgan fingerprint density at radius 1 is 1.21 bits per heavy atom. The number of hydrogen-bond acceptors (Lipinski definition) is 4. The largest absolute Gasteiger partial charge is 0.389 e. The van der Waals surface area contributed by atoms with Gasteiger partial charge in [-0.25, -0.2) is 0 Å². The Balaban J connectivity index is 1.58. The average Bonchev–Trinajstić information content (AvgIpc) is 3.27. The number of fused-ring (bicyclic) bond motifs is 1. The van der Waals surface area contributed by atoms with E-state index in [1.807, 2.05) is 36.4 Å². The van der Waals surface area contributed by atoms with Gasteiger partial charge in [0, 0.05) is 29.6 Å². The van der Waals surface area contributed by atoms with E-state index in [2.05, 4.69) is 21.7 Å². The second-order valence-electron chi connectivity index (χ2n) is 7.07. The molecule has 4 rings (SSSR count). The molecule has 0 radical (unpaired) electrons. The molecule has 0 saturated carbocycles. The Morgan fingerprint density at radius 3 is 2.66 bits per heavy atom. The van der Waals surface area contributed by atoms with Crippen LogP contribution in [0.1, 0.15) is 17.5 Å². The van der Waals surface area contributed by atoms with Crippen LogP contribution in [0.4, 0.5) is 0 Å². The molecule has 0 spiro atoms. The number of H-pyrrole nitrogens is 1. The summed E-state index contributed by atoms with van der Waals surface area (Å²) in [6.45, 7) is 0.148. The maximum Gasteiger partial charge on any atom is 0.245 e. The van der Waals surface area contributed by atoms with Crippen molar-refractivity contribution in [2.75, 3.05) is 6.54 Å². The average molecular weight is 388 g/mol. The van der Waals surface area contributed by atoms with E-state index in [0.29, 0.717) is 12.0 Å². The fourth-order valence-electron chi connectivity index (χ4n) is 3.67. The summed E-state index contributed by atoms with van der Waals surface area (Å²) in [7, 11) is 0. The van der Waals surface area contributed by atoms with Gasteiger partial charge in [-0.15, -0.1) is 0 Å². The lowest BCUT2D eigenvalue weighted by molar-refractivity contribution is -0.128. The number of aliphatic hydroxyl groups excluding tert-OH is 1. The van der Waals surface area contributed by atoms with Gasteiger partial charge in [-0.1, -0.05) is 30.3 Å². The highest BCUT2D eigenvalue weighted by molar-refractivity contribution is 5.92. The summed E-state index contributed by atoms with van der Waals surface area (Å²) in [5, 5.41) is 25.0. The number of aryl methyl sites for hydroxylation is 1. The summed E-state index contributed by atoms with van der Waals surface area (Å²) < 4.78 is 0. The van der Waals surface area contributed by atoms with Crippen molar-refractivity contribution in [2.45, 2.75) is 25.0 Å². The molecule has 2 aromatic carbocycles. The van der Waals surface area contributed by atoms with E-state index >= 15 is 0 Å². The van der Waals surface area contributed by atoms with Crippen LogP contribution in [0.15, 0.2) is 48.5 Å². The number of nitriles is 1. The van der Waals surface area contributed by atoms with E-state index in [0.717, 1.165) is 27.7 Å². The van der Waals surface area contributed by atoms with Crippen LogP contribution in [0, 0.1) is 11.3 Å². The van der Waals surface area contributed by atoms with Crippen LogP contribution in [0.2, 0.25) is 0 Å². The van der Waals surface area contributed by atoms with E-state index in [-0.39, 0.29) is 24.8 Å². The molecule has 2 atom stereocenters. The zero-order chi connectivity index (χ0) is 20.4. The van der Waals surface area contributed by atoms with E-state index in [9.17, 15) is 14.7 Å². The molecule has 2 heterocycles. The quantitative estimate of drug-likeness (QED) is 0.531. The van der Waals surface area contributed by atoms with Crippen LogP contribution in [0.25, 0.3) is 22.2 Å². The first-order valence-corrected chi connectivity index (χ1v) is 9.42. The number of carbonyl (C=O) groups is 2. The van der Waals surface area contributed by atoms with E-state index in [4.69, 9.17) is 5.26 Å². The summed E-state index contributed by atoms with van der Waals surface area (Å²) in [5.74, 6) is -0.654. The smallest absolute Gasteiger partial charge is 0.245 e. The van der Waals surface area contributed by atoms with Crippen molar-refractivity contribution < 1.29 is 14.7 Å². The number of benzene rings is 2. The first kappa shape index (κ1) is 18.7. The third-order valence-corrected chi connectivity index (χ3v) is 5.19. The first-order valence-electron chi connectivity index (χ1n) is 9.42. The predicted molar refractivity (Wildman–Crippen MR) is 108 cm³/mol. The monoisotopic (exact) mass is 388 g/mol. The molecule has 1 aromatic heterocycles. The lowest BCUT2D eigenvalue weighted by Gasteiger charge is -2.13. The number of para-hydroxylation sites is 1. The molecular formula is C22H20N4O3. The number of aliphatic hydroxyl groups is 1. The molecule has 0 bridgehead atoms. The van der Waals surface area contributed by atoms with E-state index in [1.54, 1.807) is 12.1 Å². The molecule has 29 heavy (non-hydrogen) atoms. The molecular weight excluding hydrogens is 368 g/mol. The van der Waals surface area contributed by atoms with Gasteiger partial charge in [0.05, 0.1) is 11.6 Å². The molecule has 4 N–H and O–H groups in total. The summed E-state index contributed by atoms with van der Waals surface area (Å²) in [4.78, 5) is 27.5. The normalized spacial score (nSPS) is 18.4. The number of nitrogens with one attached hydrogen (secondary N) is 3. The summed E-state index contributed by atoms with van der Waals surface area (Å²) in [6, 6.07) is 16.4. The van der Waals surface area contributed by atoms with Crippen LogP contribution in [0.5, 0.6) is 0 Å². The van der Waals surface area contributed by atoms with Crippen LogP contribution < -0.4 is 10.6 Å². The number of rotatable bonds is 5. The Bertz CT molecular complexity index is 1110. The fourth-order valence-corrected chi connectivity index (χ4v) is 3.67. The summed E-state index contributed by atoms with van der Waals surface area (Å²) in [6.07, 6.45) is -0.259. The lowest BCUT2D eigenvalue weighted by Crippen LogP contribution is -2.45. The lowest BCUT2D eigenvalue weighted by atomic mass is 10.00. The van der Waals surface area contributed by atoms with Crippen LogP contribution >= 0.6 is 0 Å². The first-order chi connectivity index (χ1) is 14.1. The van der Waals surface area contributed by atoms with Crippen LogP contribution in [0.3, 0.4) is 0 Å². The van der Waals surface area contributed by atoms with Crippen molar-refractivity contribution in [1.29, 1.82) is 5.26 Å². The second kappa shape index (κ2) is 7.78. The zero-order valence-electron chi connectivity index (χ0n) is 15.6. The Hall–Kier alpha value is -3.63. The van der Waals surface area contributed by atoms with Gasteiger partial charge in [0.15, 0.2) is 0 Å². The Kier molecular flexibility index (Phi) is 5.02. The SMILES string of the molecule is N#Cc1ccc(-c2[nH]c3ccccc3c2CCC(=O)N[C@@H]2C(=O)NC[C@H]2O)cc1. The molecule has 3 aromatic rings. The molecule has 1 fully saturated rings. The highest BCUT2D eigenvalue weighted by Crippen LogP contribution is 2.31. The third-order valence-electron chi connectivity index (χ3n) is 5.19. The summed E-state index contributed by atoms with van der Waals surface area (Å²) >= 11 is 0. The van der Waals surface area contributed by atoms with Gasteiger partial charge in [0.2, 0.25) is 11.8 Å². The minimum Gasteiger partial charge on any atom is -0.389 e. The third kappa shape index (κ3) is 3.71. The van der Waals surface area contributed by atoms with Crippen molar-refractivity contribution >= 4 is 22.7 Å². The van der Waals surface area contributed by atoms with Gasteiger partial charge in [-0.05, 0) is 35.7 Å². The minimum absolute atomic E-state index is 0.148. The van der Waals surface area contributed by atoms with E-state index in [1.165, 1.54) is 0 Å². The van der Waals surface area contributed by atoms with Crippen molar-refractivity contribution in [3.8, 4) is 17.3 Å². The van der Waals surface area contributed by atoms with Gasteiger partial charge in [0.1, 0.15) is 12.1 Å². The Labute approximate surface area is 167 Å². The highest BCUT2D eigenvalue weighted by atomic mass is 16.3. The maximum atomic E-state index is 12.4. The minimum atomic E-state index is -0.909. The number of aromatic nitrogens is 1. The van der Waals surface area contributed by atoms with Crippen molar-refractivity contribution in [1.82, 2.24) is 15.6 Å². The highest BCUT2D eigenvalue weighted by Gasteiger charge is 2.34. The van der Waals surface area contributed by atoms with Gasteiger partial charge < -0.3 is 20.7 Å². The zero-order valence-corrected chi connectivity index (χ0v) is 15.6. The van der Waals surface area contributed by atoms with Crippen molar-refractivity contribution in [3.63, 3.8) is 0 Å². The number of nitrogens with zero attached hydrogens (tertiary/aromatic N) is 1. The molecule has 146 valence electrons. The van der Waals surface area contributed by atoms with E-state index < -0.39 is 12.1 Å². The molecule has 0 unspecified atom stereocenters. The molecule has 1 aliphatic rings. The molecule has 7 nitrogen and oxygen atoms in total. The fraction of sp³-hybridized carbons (Fsp3) is 0.227. The van der Waals surface area contributed by atoms with Gasteiger partial charge in [-0.3, -0.25) is 9.59 Å². The van der Waals surface area contributed by atoms with Gasteiger partial charge in [-0.2, -0.15) is 5.26 Å². The molecule has 0 aliphatic carbocycles. The van der Waals surface area contributed by atoms with Crippen LogP contribution in [-0.2, 0) is 16.0 Å². The van der Waals surface area contributed by atoms with Gasteiger partial charge >= 0.3 is 0 Å². The van der Waals surface area contributed by atoms with Crippen molar-refractivity contribution in [3.05, 3.63) is 59.7 Å². The molecule has 7 heteroatoms. The Morgan fingerprint density at radius 2 is 1.97 bits per heavy atom.